The summed E-state index contributed by atoms with van der Waals surface area (Å²) < 4.78 is 42.0. The number of nitrogens with zero attached hydrogens (tertiary/aromatic N) is 3. The van der Waals surface area contributed by atoms with E-state index in [1.165, 1.54) is 6.20 Å². The van der Waals surface area contributed by atoms with Crippen molar-refractivity contribution in [3.8, 4) is 5.88 Å². The van der Waals surface area contributed by atoms with Crippen LogP contribution in [-0.4, -0.2) is 72.1 Å². The van der Waals surface area contributed by atoms with Gasteiger partial charge in [0.1, 0.15) is 6.04 Å². The van der Waals surface area contributed by atoms with Gasteiger partial charge >= 0.3 is 6.18 Å². The molecule has 0 spiro atoms. The number of pyridine rings is 1. The van der Waals surface area contributed by atoms with Gasteiger partial charge in [-0.25, -0.2) is 4.98 Å². The molecule has 11 heteroatoms. The lowest BCUT2D eigenvalue weighted by Gasteiger charge is -2.30. The topological polar surface area (TPSA) is 101 Å². The summed E-state index contributed by atoms with van der Waals surface area (Å²) >= 11 is 0. The predicted molar refractivity (Wildman–Crippen MR) is 110 cm³/mol. The molecule has 0 aliphatic carbocycles. The molecule has 2 unspecified atom stereocenters. The molecule has 0 fully saturated rings. The monoisotopic (exact) mass is 453 g/mol. The van der Waals surface area contributed by atoms with E-state index in [1.807, 2.05) is 0 Å². The van der Waals surface area contributed by atoms with Crippen molar-refractivity contribution < 1.29 is 27.5 Å². The number of likely N-dealkylation sites (N-methyl/N-ethyl adjacent to an activating group) is 1. The third-order valence-corrected chi connectivity index (χ3v) is 5.46. The van der Waals surface area contributed by atoms with Crippen LogP contribution in [0.25, 0.3) is 0 Å². The smallest absolute Gasteiger partial charge is 0.422 e. The Balaban J connectivity index is 1.77. The summed E-state index contributed by atoms with van der Waals surface area (Å²) in [5.74, 6) is -0.561. The third kappa shape index (κ3) is 4.87. The average Bonchev–Trinajstić information content (AvgIpc) is 3.06. The normalized spacial score (nSPS) is 19.3. The molecule has 3 rings (SSSR count). The van der Waals surface area contributed by atoms with Crippen LogP contribution < -0.4 is 15.8 Å². The number of ether oxygens (including phenoxy) is 1. The van der Waals surface area contributed by atoms with E-state index in [1.54, 1.807) is 49.0 Å². The number of halogens is 3. The Hall–Kier alpha value is -3.08. The highest BCUT2D eigenvalue weighted by Gasteiger charge is 2.41. The molecule has 3 heterocycles. The number of nitrogens with one attached hydrogen (secondary N) is 1. The van der Waals surface area contributed by atoms with Gasteiger partial charge in [-0.05, 0) is 37.1 Å². The fourth-order valence-corrected chi connectivity index (χ4v) is 3.81. The van der Waals surface area contributed by atoms with Gasteiger partial charge in [-0.2, -0.15) is 13.2 Å². The zero-order chi connectivity index (χ0) is 23.6. The van der Waals surface area contributed by atoms with E-state index < -0.39 is 24.9 Å². The summed E-state index contributed by atoms with van der Waals surface area (Å²) in [5.41, 5.74) is 7.71. The van der Waals surface area contributed by atoms with Gasteiger partial charge in [0, 0.05) is 50.2 Å². The Bertz CT molecular complexity index is 960. The van der Waals surface area contributed by atoms with Gasteiger partial charge in [0.25, 0.3) is 5.91 Å². The fourth-order valence-electron chi connectivity index (χ4n) is 3.81. The summed E-state index contributed by atoms with van der Waals surface area (Å²) in [5, 5.41) is 2.76. The first-order chi connectivity index (χ1) is 15.0. The summed E-state index contributed by atoms with van der Waals surface area (Å²) in [7, 11) is 1.76. The molecule has 1 aromatic rings. The Kier molecular flexibility index (Phi) is 6.77. The zero-order valence-electron chi connectivity index (χ0n) is 18.1. The van der Waals surface area contributed by atoms with Gasteiger partial charge in [0.05, 0.1) is 6.04 Å². The minimum atomic E-state index is -4.46. The number of carbonyl (C=O) groups is 2. The molecule has 2 aliphatic heterocycles. The van der Waals surface area contributed by atoms with Gasteiger partial charge in [-0.3, -0.25) is 9.59 Å². The lowest BCUT2D eigenvalue weighted by Crippen LogP contribution is -2.47. The largest absolute Gasteiger partial charge is 0.468 e. The molecule has 2 amide bonds. The Morgan fingerprint density at radius 2 is 2.16 bits per heavy atom. The SMILES string of the molecule is Cc1cc(C(C)N2CC3=C(C=CN(C)C3C(=O)NCCN)C2=O)cnc1OCC(F)(F)F. The number of amides is 2. The summed E-state index contributed by atoms with van der Waals surface area (Å²) in [6.07, 6.45) is 0.326. The maximum atomic E-state index is 13.1. The molecule has 0 aromatic carbocycles. The van der Waals surface area contributed by atoms with Crippen molar-refractivity contribution in [1.82, 2.24) is 20.1 Å². The van der Waals surface area contributed by atoms with Gasteiger partial charge < -0.3 is 25.6 Å². The van der Waals surface area contributed by atoms with E-state index in [4.69, 9.17) is 10.5 Å². The van der Waals surface area contributed by atoms with Crippen molar-refractivity contribution in [1.29, 1.82) is 0 Å². The molecule has 174 valence electrons. The molecule has 3 N–H and O–H groups in total. The highest BCUT2D eigenvalue weighted by Crippen LogP contribution is 2.35. The molecule has 8 nitrogen and oxygen atoms in total. The lowest BCUT2D eigenvalue weighted by molar-refractivity contribution is -0.154. The maximum absolute atomic E-state index is 13.1. The highest BCUT2D eigenvalue weighted by molar-refractivity contribution is 6.03. The molecule has 0 radical (unpaired) electrons. The van der Waals surface area contributed by atoms with Crippen LogP contribution in [0.3, 0.4) is 0 Å². The van der Waals surface area contributed by atoms with Crippen molar-refractivity contribution in [3.63, 3.8) is 0 Å². The van der Waals surface area contributed by atoms with Crippen LogP contribution in [0.1, 0.15) is 24.1 Å². The van der Waals surface area contributed by atoms with Gasteiger partial charge in [-0.1, -0.05) is 0 Å². The first-order valence-electron chi connectivity index (χ1n) is 10.1. The van der Waals surface area contributed by atoms with Gasteiger partial charge in [-0.15, -0.1) is 0 Å². The van der Waals surface area contributed by atoms with E-state index in [0.717, 1.165) is 0 Å². The molecule has 0 bridgehead atoms. The van der Waals surface area contributed by atoms with E-state index in [0.29, 0.717) is 35.4 Å². The number of hydrogen-bond acceptors (Lipinski definition) is 6. The maximum Gasteiger partial charge on any atom is 0.422 e. The average molecular weight is 453 g/mol. The Labute approximate surface area is 183 Å². The van der Waals surface area contributed by atoms with Crippen molar-refractivity contribution in [2.45, 2.75) is 32.1 Å². The van der Waals surface area contributed by atoms with Gasteiger partial charge in [0.15, 0.2) is 6.61 Å². The second kappa shape index (κ2) is 9.19. The van der Waals surface area contributed by atoms with Gasteiger partial charge in [0.2, 0.25) is 11.8 Å². The number of aryl methyl sites for hydroxylation is 1. The van der Waals surface area contributed by atoms with Crippen LogP contribution in [0.2, 0.25) is 0 Å². The van der Waals surface area contributed by atoms with E-state index in [-0.39, 0.29) is 24.2 Å². The predicted octanol–water partition coefficient (Wildman–Crippen LogP) is 1.43. The van der Waals surface area contributed by atoms with Crippen LogP contribution in [-0.2, 0) is 9.59 Å². The van der Waals surface area contributed by atoms with E-state index >= 15 is 0 Å². The van der Waals surface area contributed by atoms with Crippen LogP contribution in [0.4, 0.5) is 13.2 Å². The van der Waals surface area contributed by atoms with Crippen molar-refractivity contribution in [2.24, 2.45) is 5.73 Å². The number of carbonyl (C=O) groups excluding carboxylic acids is 2. The zero-order valence-corrected chi connectivity index (χ0v) is 18.1. The van der Waals surface area contributed by atoms with E-state index in [9.17, 15) is 22.8 Å². The second-order valence-electron chi connectivity index (χ2n) is 7.81. The number of aromatic nitrogens is 1. The minimum absolute atomic E-state index is 0.107. The number of alkyl halides is 3. The Morgan fingerprint density at radius 3 is 2.78 bits per heavy atom. The number of nitrogens with two attached hydrogens (primary N) is 1. The standard InChI is InChI=1S/C21H26F3N5O3/c1-12-8-14(9-27-19(12)32-11-21(22,23)24)13(2)29-10-16-15(20(29)31)4-7-28(3)17(16)18(30)26-6-5-25/h4,7-9,13,17H,5-6,10-11,25H2,1-3H3,(H,26,30). The molecular weight excluding hydrogens is 427 g/mol. The molecule has 2 atom stereocenters. The second-order valence-corrected chi connectivity index (χ2v) is 7.81. The number of rotatable bonds is 7. The van der Waals surface area contributed by atoms with Crippen LogP contribution in [0, 0.1) is 6.92 Å². The summed E-state index contributed by atoms with van der Waals surface area (Å²) in [4.78, 5) is 33.1. The first-order valence-corrected chi connectivity index (χ1v) is 10.1. The highest BCUT2D eigenvalue weighted by atomic mass is 19.4. The van der Waals surface area contributed by atoms with Crippen LogP contribution in [0.15, 0.2) is 35.7 Å². The number of hydrogen-bond donors (Lipinski definition) is 2. The molecule has 0 saturated carbocycles. The summed E-state index contributed by atoms with van der Waals surface area (Å²) in [6.45, 7) is 2.86. The molecule has 0 saturated heterocycles. The van der Waals surface area contributed by atoms with Crippen molar-refractivity contribution in [3.05, 3.63) is 46.8 Å². The lowest BCUT2D eigenvalue weighted by atomic mass is 9.98. The molecule has 2 aliphatic rings. The third-order valence-electron chi connectivity index (χ3n) is 5.46. The van der Waals surface area contributed by atoms with E-state index in [2.05, 4.69) is 10.3 Å². The molecular formula is C21H26F3N5O3. The van der Waals surface area contributed by atoms with Crippen molar-refractivity contribution in [2.75, 3.05) is 33.3 Å². The fraction of sp³-hybridized carbons (Fsp3) is 0.476. The minimum Gasteiger partial charge on any atom is -0.468 e. The Morgan fingerprint density at radius 1 is 1.44 bits per heavy atom. The molecule has 1 aromatic heterocycles. The molecule has 32 heavy (non-hydrogen) atoms. The quantitative estimate of drug-likeness (QED) is 0.648. The van der Waals surface area contributed by atoms with Crippen molar-refractivity contribution >= 4 is 11.8 Å². The first kappa shape index (κ1) is 23.6. The summed E-state index contributed by atoms with van der Waals surface area (Å²) in [6, 6.07) is 0.615. The van der Waals surface area contributed by atoms with Crippen LogP contribution >= 0.6 is 0 Å². The van der Waals surface area contributed by atoms with Crippen LogP contribution in [0.5, 0.6) is 5.88 Å².